The zero-order valence-corrected chi connectivity index (χ0v) is 10.2. The number of carbonyl (C=O) groups excluding carboxylic acids is 1. The zero-order chi connectivity index (χ0) is 11.0. The van der Waals surface area contributed by atoms with Gasteiger partial charge in [-0.15, -0.1) is 0 Å². The molecule has 0 spiro atoms. The summed E-state index contributed by atoms with van der Waals surface area (Å²) in [5.74, 6) is 0.547. The van der Waals surface area contributed by atoms with Gasteiger partial charge in [0.2, 0.25) is 5.91 Å². The minimum Gasteiger partial charge on any atom is -0.273 e. The molecule has 2 rings (SSSR count). The number of benzene rings is 1. The summed E-state index contributed by atoms with van der Waals surface area (Å²) in [6, 6.07) is 5.94. The van der Waals surface area contributed by atoms with Crippen molar-refractivity contribution in [1.82, 2.24) is 0 Å². The van der Waals surface area contributed by atoms with Crippen molar-refractivity contribution in [3.63, 3.8) is 0 Å². The molecule has 0 N–H and O–H groups in total. The molecule has 1 aromatic rings. The zero-order valence-electron chi connectivity index (χ0n) is 8.61. The van der Waals surface area contributed by atoms with E-state index in [0.29, 0.717) is 10.1 Å². The summed E-state index contributed by atoms with van der Waals surface area (Å²) in [6.45, 7) is 4.05. The minimum absolute atomic E-state index is 0.0821. The van der Waals surface area contributed by atoms with E-state index in [1.54, 1.807) is 4.90 Å². The second-order valence-corrected chi connectivity index (χ2v) is 5.11. The highest BCUT2D eigenvalue weighted by Gasteiger charge is 2.29. The molecule has 0 saturated carbocycles. The first-order valence-electron chi connectivity index (χ1n) is 4.67. The summed E-state index contributed by atoms with van der Waals surface area (Å²) in [5, 5.41) is 0. The third-order valence-corrected chi connectivity index (χ3v) is 3.92. The normalized spacial score (nSPS) is 16.3. The Morgan fingerprint density at radius 3 is 2.73 bits per heavy atom. The Hall–Kier alpha value is -0.870. The Labute approximate surface area is 98.7 Å². The first kappa shape index (κ1) is 10.6. The fourth-order valence-electron chi connectivity index (χ4n) is 1.56. The molecule has 0 bridgehead atoms. The summed E-state index contributed by atoms with van der Waals surface area (Å²) < 4.78 is 0.661. The van der Waals surface area contributed by atoms with Crippen molar-refractivity contribution < 1.29 is 4.79 Å². The molecule has 1 aliphatic heterocycles. The van der Waals surface area contributed by atoms with Gasteiger partial charge in [-0.3, -0.25) is 9.69 Å². The highest BCUT2D eigenvalue weighted by Crippen LogP contribution is 2.30. The van der Waals surface area contributed by atoms with Gasteiger partial charge >= 0.3 is 0 Å². The molecule has 15 heavy (non-hydrogen) atoms. The van der Waals surface area contributed by atoms with Crippen LogP contribution >= 0.6 is 24.0 Å². The Morgan fingerprint density at radius 2 is 2.13 bits per heavy atom. The SMILES string of the molecule is Cc1cccc(N2C(=O)CSC2=S)c1C. The Morgan fingerprint density at radius 1 is 1.40 bits per heavy atom. The van der Waals surface area contributed by atoms with Crippen LogP contribution in [-0.2, 0) is 4.79 Å². The van der Waals surface area contributed by atoms with E-state index in [1.807, 2.05) is 32.0 Å². The number of amides is 1. The standard InChI is InChI=1S/C11H11NOS2/c1-7-4-3-5-9(8(7)2)12-10(13)6-15-11(12)14/h3-5H,6H2,1-2H3. The number of nitrogens with zero attached hydrogens (tertiary/aromatic N) is 1. The molecular formula is C11H11NOS2. The molecular weight excluding hydrogens is 226 g/mol. The van der Waals surface area contributed by atoms with E-state index in [2.05, 4.69) is 0 Å². The van der Waals surface area contributed by atoms with Gasteiger partial charge in [-0.1, -0.05) is 36.1 Å². The summed E-state index contributed by atoms with van der Waals surface area (Å²) >= 11 is 6.60. The van der Waals surface area contributed by atoms with Gasteiger partial charge in [0.1, 0.15) is 4.32 Å². The molecule has 0 atom stereocenters. The van der Waals surface area contributed by atoms with Gasteiger partial charge in [0.05, 0.1) is 11.4 Å². The Bertz CT molecular complexity index is 426. The van der Waals surface area contributed by atoms with Crippen LogP contribution in [0.5, 0.6) is 0 Å². The van der Waals surface area contributed by atoms with Crippen LogP contribution in [0, 0.1) is 13.8 Å². The predicted octanol–water partition coefficient (Wildman–Crippen LogP) is 2.67. The third-order valence-electron chi connectivity index (χ3n) is 2.57. The van der Waals surface area contributed by atoms with Crippen LogP contribution in [0.4, 0.5) is 5.69 Å². The lowest BCUT2D eigenvalue weighted by Crippen LogP contribution is -2.28. The minimum atomic E-state index is 0.0821. The number of rotatable bonds is 1. The van der Waals surface area contributed by atoms with Crippen molar-refractivity contribution in [1.29, 1.82) is 0 Å². The van der Waals surface area contributed by atoms with Crippen molar-refractivity contribution in [2.24, 2.45) is 0 Å². The van der Waals surface area contributed by atoms with Gasteiger partial charge < -0.3 is 0 Å². The van der Waals surface area contributed by atoms with E-state index in [-0.39, 0.29) is 5.91 Å². The largest absolute Gasteiger partial charge is 0.273 e. The van der Waals surface area contributed by atoms with E-state index in [0.717, 1.165) is 11.3 Å². The van der Waals surface area contributed by atoms with Crippen LogP contribution < -0.4 is 4.90 Å². The topological polar surface area (TPSA) is 20.3 Å². The van der Waals surface area contributed by atoms with E-state index in [9.17, 15) is 4.79 Å². The van der Waals surface area contributed by atoms with E-state index < -0.39 is 0 Å². The average molecular weight is 237 g/mol. The Balaban J connectivity index is 2.49. The lowest BCUT2D eigenvalue weighted by Gasteiger charge is -2.18. The monoisotopic (exact) mass is 237 g/mol. The van der Waals surface area contributed by atoms with Crippen molar-refractivity contribution >= 4 is 39.9 Å². The van der Waals surface area contributed by atoms with Crippen LogP contribution in [0.15, 0.2) is 18.2 Å². The van der Waals surface area contributed by atoms with Crippen molar-refractivity contribution in [3.05, 3.63) is 29.3 Å². The van der Waals surface area contributed by atoms with Crippen molar-refractivity contribution in [3.8, 4) is 0 Å². The molecule has 1 amide bonds. The smallest absolute Gasteiger partial charge is 0.243 e. The van der Waals surface area contributed by atoms with Crippen molar-refractivity contribution in [2.75, 3.05) is 10.7 Å². The molecule has 1 fully saturated rings. The fourth-order valence-corrected chi connectivity index (χ4v) is 2.65. The molecule has 1 aliphatic rings. The summed E-state index contributed by atoms with van der Waals surface area (Å²) in [5.41, 5.74) is 3.23. The average Bonchev–Trinajstić information content (AvgIpc) is 2.52. The molecule has 0 aromatic heterocycles. The molecule has 4 heteroatoms. The van der Waals surface area contributed by atoms with Gasteiger partial charge in [-0.05, 0) is 31.0 Å². The number of thioether (sulfide) groups is 1. The predicted molar refractivity (Wildman–Crippen MR) is 68.5 cm³/mol. The van der Waals surface area contributed by atoms with Crippen molar-refractivity contribution in [2.45, 2.75) is 13.8 Å². The molecule has 1 aromatic carbocycles. The summed E-state index contributed by atoms with van der Waals surface area (Å²) in [4.78, 5) is 13.3. The van der Waals surface area contributed by atoms with Gasteiger partial charge in [-0.25, -0.2) is 0 Å². The fraction of sp³-hybridized carbons (Fsp3) is 0.273. The maximum atomic E-state index is 11.7. The van der Waals surface area contributed by atoms with E-state index >= 15 is 0 Å². The first-order chi connectivity index (χ1) is 7.11. The highest BCUT2D eigenvalue weighted by molar-refractivity contribution is 8.24. The number of anilines is 1. The van der Waals surface area contributed by atoms with Crippen LogP contribution in [0.25, 0.3) is 0 Å². The lowest BCUT2D eigenvalue weighted by atomic mass is 10.1. The van der Waals surface area contributed by atoms with E-state index in [1.165, 1.54) is 17.3 Å². The van der Waals surface area contributed by atoms with Gasteiger partial charge in [0.25, 0.3) is 0 Å². The number of aryl methyl sites for hydroxylation is 1. The van der Waals surface area contributed by atoms with Gasteiger partial charge in [-0.2, -0.15) is 0 Å². The highest BCUT2D eigenvalue weighted by atomic mass is 32.2. The second kappa shape index (κ2) is 3.94. The Kier molecular flexibility index (Phi) is 2.80. The first-order valence-corrected chi connectivity index (χ1v) is 6.06. The number of carbonyl (C=O) groups is 1. The van der Waals surface area contributed by atoms with Gasteiger partial charge in [0.15, 0.2) is 0 Å². The molecule has 78 valence electrons. The molecule has 0 aliphatic carbocycles. The number of hydrogen-bond acceptors (Lipinski definition) is 3. The van der Waals surface area contributed by atoms with E-state index in [4.69, 9.17) is 12.2 Å². The number of hydrogen-bond donors (Lipinski definition) is 0. The lowest BCUT2D eigenvalue weighted by molar-refractivity contribution is -0.115. The van der Waals surface area contributed by atoms with Crippen LogP contribution in [0.2, 0.25) is 0 Å². The molecule has 1 saturated heterocycles. The molecule has 0 unspecified atom stereocenters. The molecule has 2 nitrogen and oxygen atoms in total. The summed E-state index contributed by atoms with van der Waals surface area (Å²) in [7, 11) is 0. The quantitative estimate of drug-likeness (QED) is 0.700. The number of thiocarbonyl (C=S) groups is 1. The third kappa shape index (κ3) is 1.79. The van der Waals surface area contributed by atoms with Crippen LogP contribution in [0.3, 0.4) is 0 Å². The van der Waals surface area contributed by atoms with Crippen LogP contribution in [0.1, 0.15) is 11.1 Å². The molecule has 1 heterocycles. The maximum absolute atomic E-state index is 11.7. The van der Waals surface area contributed by atoms with Crippen LogP contribution in [-0.4, -0.2) is 16.0 Å². The maximum Gasteiger partial charge on any atom is 0.243 e. The summed E-state index contributed by atoms with van der Waals surface area (Å²) in [6.07, 6.45) is 0. The van der Waals surface area contributed by atoms with Gasteiger partial charge in [0, 0.05) is 0 Å². The molecule has 0 radical (unpaired) electrons. The second-order valence-electron chi connectivity index (χ2n) is 3.50.